The standard InChI is InChI=1S/C22H32O7/c1-7-19(4)11-15(25)22(27)20(5)13(18(2,3)9-8-14(20)24)10-16(21(22,6)29-19)28-17(26)12-23/h7,10,14,16,23-24,27H,1,8-9,11-12H2,2-6H3/t14-,16-,19-,20+,21+,22-/m0/s1. The van der Waals surface area contributed by atoms with Crippen LogP contribution in [0.25, 0.3) is 0 Å². The van der Waals surface area contributed by atoms with Crippen LogP contribution in [0, 0.1) is 10.8 Å². The molecule has 6 atom stereocenters. The molecule has 0 spiro atoms. The molecule has 1 saturated heterocycles. The number of hydrogen-bond acceptors (Lipinski definition) is 7. The van der Waals surface area contributed by atoms with Crippen molar-refractivity contribution >= 4 is 11.8 Å². The van der Waals surface area contributed by atoms with E-state index in [1.54, 1.807) is 19.9 Å². The highest BCUT2D eigenvalue weighted by Gasteiger charge is 2.76. The highest BCUT2D eigenvalue weighted by Crippen LogP contribution is 2.64. The van der Waals surface area contributed by atoms with Crippen LogP contribution in [0.5, 0.6) is 0 Å². The number of aliphatic hydroxyl groups excluding tert-OH is 2. The Bertz CT molecular complexity index is 786. The fourth-order valence-corrected chi connectivity index (χ4v) is 5.77. The van der Waals surface area contributed by atoms with Crippen LogP contribution in [0.15, 0.2) is 24.3 Å². The van der Waals surface area contributed by atoms with Gasteiger partial charge in [0.1, 0.15) is 12.2 Å². The van der Waals surface area contributed by atoms with Crippen LogP contribution in [-0.2, 0) is 19.1 Å². The third-order valence-electron chi connectivity index (χ3n) is 7.51. The second-order valence-electron chi connectivity index (χ2n) is 9.83. The largest absolute Gasteiger partial charge is 0.453 e. The van der Waals surface area contributed by atoms with Crippen molar-refractivity contribution in [2.75, 3.05) is 6.61 Å². The molecule has 3 N–H and O–H groups in total. The van der Waals surface area contributed by atoms with Crippen LogP contribution in [0.4, 0.5) is 0 Å². The van der Waals surface area contributed by atoms with Gasteiger partial charge in [0, 0.05) is 6.42 Å². The van der Waals surface area contributed by atoms with Gasteiger partial charge in [-0.3, -0.25) is 4.79 Å². The lowest BCUT2D eigenvalue weighted by molar-refractivity contribution is -0.305. The number of fused-ring (bicyclic) bond motifs is 3. The van der Waals surface area contributed by atoms with Gasteiger partial charge in [0.15, 0.2) is 17.5 Å². The molecule has 3 rings (SSSR count). The Kier molecular flexibility index (Phi) is 4.95. The molecule has 0 unspecified atom stereocenters. The summed E-state index contributed by atoms with van der Waals surface area (Å²) in [5, 5.41) is 32.4. The molecule has 2 aliphatic carbocycles. The topological polar surface area (TPSA) is 113 Å². The van der Waals surface area contributed by atoms with Crippen LogP contribution >= 0.6 is 0 Å². The van der Waals surface area contributed by atoms with Gasteiger partial charge in [-0.2, -0.15) is 0 Å². The minimum absolute atomic E-state index is 0.126. The fourth-order valence-electron chi connectivity index (χ4n) is 5.77. The van der Waals surface area contributed by atoms with E-state index >= 15 is 0 Å². The summed E-state index contributed by atoms with van der Waals surface area (Å²) in [6.07, 6.45) is 1.98. The predicted molar refractivity (Wildman–Crippen MR) is 105 cm³/mol. The molecular weight excluding hydrogens is 376 g/mol. The molecule has 3 aliphatic rings. The van der Waals surface area contributed by atoms with Crippen molar-refractivity contribution in [3.05, 3.63) is 24.3 Å². The predicted octanol–water partition coefficient (Wildman–Crippen LogP) is 1.44. The molecule has 0 radical (unpaired) electrons. The Morgan fingerprint density at radius 2 is 1.97 bits per heavy atom. The maximum atomic E-state index is 13.5. The van der Waals surface area contributed by atoms with Crippen molar-refractivity contribution in [2.24, 2.45) is 10.8 Å². The monoisotopic (exact) mass is 408 g/mol. The zero-order chi connectivity index (χ0) is 22.0. The van der Waals surface area contributed by atoms with Crippen molar-refractivity contribution in [3.8, 4) is 0 Å². The Hall–Kier alpha value is -1.54. The van der Waals surface area contributed by atoms with Crippen LogP contribution in [0.3, 0.4) is 0 Å². The smallest absolute Gasteiger partial charge is 0.332 e. The molecule has 0 aromatic carbocycles. The maximum Gasteiger partial charge on any atom is 0.332 e. The Morgan fingerprint density at radius 1 is 1.34 bits per heavy atom. The van der Waals surface area contributed by atoms with Gasteiger partial charge in [-0.1, -0.05) is 25.5 Å². The molecule has 1 heterocycles. The number of carbonyl (C=O) groups excluding carboxylic acids is 2. The first-order chi connectivity index (χ1) is 13.2. The molecule has 0 aromatic rings. The quantitative estimate of drug-likeness (QED) is 0.478. The number of ketones is 1. The number of aliphatic hydroxyl groups is 3. The molecule has 0 amide bonds. The number of Topliss-reactive ketones (excluding diaryl/α,β-unsaturated/α-hetero) is 1. The van der Waals surface area contributed by atoms with Crippen molar-refractivity contribution in [1.29, 1.82) is 0 Å². The van der Waals surface area contributed by atoms with Crippen molar-refractivity contribution in [1.82, 2.24) is 0 Å². The minimum atomic E-state index is -2.15. The highest BCUT2D eigenvalue weighted by atomic mass is 16.6. The number of carbonyl (C=O) groups is 2. The summed E-state index contributed by atoms with van der Waals surface area (Å²) in [6, 6.07) is 0. The third kappa shape index (κ3) is 2.71. The van der Waals surface area contributed by atoms with Gasteiger partial charge in [-0.25, -0.2) is 4.79 Å². The molecule has 162 valence electrons. The van der Waals surface area contributed by atoms with Gasteiger partial charge >= 0.3 is 5.97 Å². The van der Waals surface area contributed by atoms with Gasteiger partial charge in [0.05, 0.1) is 17.1 Å². The molecule has 29 heavy (non-hydrogen) atoms. The Balaban J connectivity index is 2.33. The van der Waals surface area contributed by atoms with Crippen LogP contribution in [0.1, 0.15) is 53.9 Å². The van der Waals surface area contributed by atoms with Gasteiger partial charge in [0.2, 0.25) is 0 Å². The second-order valence-corrected chi connectivity index (χ2v) is 9.83. The summed E-state index contributed by atoms with van der Waals surface area (Å²) in [6.45, 7) is 11.7. The first kappa shape index (κ1) is 22.2. The van der Waals surface area contributed by atoms with E-state index in [0.29, 0.717) is 18.4 Å². The van der Waals surface area contributed by atoms with Gasteiger partial charge in [-0.15, -0.1) is 6.58 Å². The first-order valence-electron chi connectivity index (χ1n) is 10.0. The summed E-state index contributed by atoms with van der Waals surface area (Å²) in [5.74, 6) is -1.39. The molecule has 0 bridgehead atoms. The van der Waals surface area contributed by atoms with E-state index in [-0.39, 0.29) is 6.42 Å². The Labute approximate surface area is 171 Å². The van der Waals surface area contributed by atoms with E-state index in [1.807, 2.05) is 13.8 Å². The van der Waals surface area contributed by atoms with Gasteiger partial charge in [0.25, 0.3) is 0 Å². The first-order valence-corrected chi connectivity index (χ1v) is 10.0. The number of esters is 1. The van der Waals surface area contributed by atoms with E-state index in [2.05, 4.69) is 6.58 Å². The number of hydrogen-bond donors (Lipinski definition) is 3. The van der Waals surface area contributed by atoms with E-state index in [0.717, 1.165) is 0 Å². The maximum absolute atomic E-state index is 13.5. The molecule has 2 fully saturated rings. The normalized spacial score (nSPS) is 46.2. The van der Waals surface area contributed by atoms with Crippen molar-refractivity contribution in [2.45, 2.75) is 82.9 Å². The summed E-state index contributed by atoms with van der Waals surface area (Å²) in [4.78, 5) is 25.5. The number of rotatable bonds is 3. The third-order valence-corrected chi connectivity index (χ3v) is 7.51. The summed E-state index contributed by atoms with van der Waals surface area (Å²) < 4.78 is 11.7. The fraction of sp³-hybridized carbons (Fsp3) is 0.727. The lowest BCUT2D eigenvalue weighted by Crippen LogP contribution is -2.81. The van der Waals surface area contributed by atoms with Crippen LogP contribution in [0.2, 0.25) is 0 Å². The van der Waals surface area contributed by atoms with Crippen molar-refractivity contribution < 1.29 is 34.4 Å². The SMILES string of the molecule is C=C[C@@]1(C)CC(=O)[C@@]2(O)[C@](C)(O1)[C@@H](OC(=O)CO)C=C1C(C)(C)CC[C@H](O)[C@@]12C. The van der Waals surface area contributed by atoms with Gasteiger partial charge in [-0.05, 0) is 45.1 Å². The molecular formula is C22H32O7. The van der Waals surface area contributed by atoms with Crippen molar-refractivity contribution in [3.63, 3.8) is 0 Å². The summed E-state index contributed by atoms with van der Waals surface area (Å²) in [7, 11) is 0. The van der Waals surface area contributed by atoms with Crippen LogP contribution in [-0.4, -0.2) is 62.7 Å². The lowest BCUT2D eigenvalue weighted by atomic mass is 9.44. The second kappa shape index (κ2) is 6.48. The molecule has 7 heteroatoms. The van der Waals surface area contributed by atoms with Gasteiger partial charge < -0.3 is 24.8 Å². The number of ether oxygens (including phenoxy) is 2. The molecule has 1 aliphatic heterocycles. The molecule has 7 nitrogen and oxygen atoms in total. The van der Waals surface area contributed by atoms with Crippen LogP contribution < -0.4 is 0 Å². The van der Waals surface area contributed by atoms with E-state index in [9.17, 15) is 24.9 Å². The summed E-state index contributed by atoms with van der Waals surface area (Å²) in [5.41, 5.74) is -6.05. The molecule has 0 aromatic heterocycles. The Morgan fingerprint density at radius 3 is 2.52 bits per heavy atom. The minimum Gasteiger partial charge on any atom is -0.453 e. The zero-order valence-corrected chi connectivity index (χ0v) is 17.8. The zero-order valence-electron chi connectivity index (χ0n) is 17.8. The highest BCUT2D eigenvalue weighted by molar-refractivity contribution is 5.93. The van der Waals surface area contributed by atoms with E-state index < -0.39 is 58.2 Å². The lowest BCUT2D eigenvalue weighted by Gasteiger charge is -2.66. The average molecular weight is 408 g/mol. The van der Waals surface area contributed by atoms with E-state index in [1.165, 1.54) is 13.0 Å². The average Bonchev–Trinajstić information content (AvgIpc) is 2.64. The summed E-state index contributed by atoms with van der Waals surface area (Å²) >= 11 is 0. The van der Waals surface area contributed by atoms with E-state index in [4.69, 9.17) is 9.47 Å². The molecule has 1 saturated carbocycles.